The summed E-state index contributed by atoms with van der Waals surface area (Å²) >= 11 is 6.00. The van der Waals surface area contributed by atoms with Crippen molar-refractivity contribution in [1.82, 2.24) is 29.5 Å². The van der Waals surface area contributed by atoms with Gasteiger partial charge in [0.05, 0.1) is 37.5 Å². The van der Waals surface area contributed by atoms with Gasteiger partial charge in [0.25, 0.3) is 5.91 Å². The minimum absolute atomic E-state index is 0. The zero-order valence-corrected chi connectivity index (χ0v) is 34.3. The zero-order valence-electron chi connectivity index (χ0n) is 31.1. The summed E-state index contributed by atoms with van der Waals surface area (Å²) in [5.74, 6) is -3.77. The van der Waals surface area contributed by atoms with E-state index in [1.54, 1.807) is 68.3 Å². The van der Waals surface area contributed by atoms with Crippen LogP contribution in [0.5, 0.6) is 5.75 Å². The van der Waals surface area contributed by atoms with E-state index < -0.39 is 30.5 Å². The molecular formula is C37H46ClGaN6O11. The third-order valence-electron chi connectivity index (χ3n) is 9.37. The van der Waals surface area contributed by atoms with Crippen LogP contribution in [-0.4, -0.2) is 182 Å². The first-order valence-electron chi connectivity index (χ1n) is 17.6. The fourth-order valence-electron chi connectivity index (χ4n) is 6.50. The number of carbonyl (C=O) groups is 6. The number of carboxylic acids is 3. The minimum Gasteiger partial charge on any atom is -0.870 e. The van der Waals surface area contributed by atoms with E-state index in [-0.39, 0.29) is 109 Å². The van der Waals surface area contributed by atoms with Gasteiger partial charge >= 0.3 is 25.8 Å². The number of carbonyl (C=O) groups excluding carboxylic acids is 5. The molecule has 56 heavy (non-hydrogen) atoms. The number of amides is 1. The molecule has 17 nitrogen and oxygen atoms in total. The number of methoxy groups -OCH3 is 1. The average molecular weight is 856 g/mol. The Morgan fingerprint density at radius 1 is 0.893 bits per heavy atom. The van der Waals surface area contributed by atoms with E-state index in [9.17, 15) is 44.1 Å². The summed E-state index contributed by atoms with van der Waals surface area (Å²) in [5.41, 5.74) is 1.60. The van der Waals surface area contributed by atoms with E-state index in [4.69, 9.17) is 16.3 Å². The monoisotopic (exact) mass is 854 g/mol. The molecule has 4 rings (SSSR count). The maximum Gasteiger partial charge on any atom is 3.00 e. The maximum absolute atomic E-state index is 13.4. The van der Waals surface area contributed by atoms with Crippen LogP contribution in [0.25, 0.3) is 10.9 Å². The summed E-state index contributed by atoms with van der Waals surface area (Å²) in [6.45, 7) is 1.33. The van der Waals surface area contributed by atoms with Gasteiger partial charge in [-0.15, -0.1) is 0 Å². The fraction of sp³-hybridized carbons (Fsp3) is 0.459. The fourth-order valence-corrected chi connectivity index (χ4v) is 6.63. The Bertz CT molecular complexity index is 1790. The SMILES string of the molecule is COc1ccc2c(c1)c(CC(=O)NCCCC(C(=O)O)N1CCN(CC=O)CCN(CC(=O)[O-])CCN(CC(=O)[O-])CC1)cn2C(=O)c1ccc(Cl)cc1.[Ga+3].[OH-]. The van der Waals surface area contributed by atoms with E-state index in [0.717, 1.165) is 6.29 Å². The van der Waals surface area contributed by atoms with Gasteiger partial charge in [0.1, 0.15) is 18.1 Å². The molecule has 2 aromatic carbocycles. The van der Waals surface area contributed by atoms with Gasteiger partial charge < -0.3 is 45.2 Å². The van der Waals surface area contributed by atoms with Crippen LogP contribution in [0.15, 0.2) is 48.7 Å². The van der Waals surface area contributed by atoms with E-state index in [0.29, 0.717) is 52.3 Å². The van der Waals surface area contributed by atoms with Gasteiger partial charge in [-0.25, -0.2) is 0 Å². The number of rotatable bonds is 16. The van der Waals surface area contributed by atoms with Crippen molar-refractivity contribution in [2.75, 3.05) is 85.6 Å². The Morgan fingerprint density at radius 3 is 2.02 bits per heavy atom. The van der Waals surface area contributed by atoms with Crippen LogP contribution < -0.4 is 20.3 Å². The molecule has 1 amide bonds. The number of benzene rings is 2. The van der Waals surface area contributed by atoms with Crippen LogP contribution in [-0.2, 0) is 30.4 Å². The first-order chi connectivity index (χ1) is 25.9. The Labute approximate surface area is 342 Å². The van der Waals surface area contributed by atoms with Crippen LogP contribution in [0.3, 0.4) is 0 Å². The number of aldehydes is 1. The molecule has 0 spiro atoms. The quantitative estimate of drug-likeness (QED) is 0.0923. The summed E-state index contributed by atoms with van der Waals surface area (Å²) in [7, 11) is 1.52. The second-order valence-electron chi connectivity index (χ2n) is 13.0. The van der Waals surface area contributed by atoms with Crippen molar-refractivity contribution in [3.05, 3.63) is 64.8 Å². The molecule has 1 saturated heterocycles. The molecule has 19 heteroatoms. The maximum atomic E-state index is 13.4. The van der Waals surface area contributed by atoms with Crippen LogP contribution in [0, 0.1) is 0 Å². The van der Waals surface area contributed by atoms with Crippen LogP contribution in [0.4, 0.5) is 0 Å². The van der Waals surface area contributed by atoms with Crippen molar-refractivity contribution in [2.24, 2.45) is 0 Å². The summed E-state index contributed by atoms with van der Waals surface area (Å²) in [5, 5.41) is 37.1. The molecule has 0 saturated carbocycles. The molecule has 0 aliphatic carbocycles. The molecule has 3 N–H and O–H groups in total. The number of hydrogen-bond donors (Lipinski definition) is 2. The number of ether oxygens (including phenoxy) is 1. The number of nitrogens with zero attached hydrogens (tertiary/aromatic N) is 5. The van der Waals surface area contributed by atoms with Crippen molar-refractivity contribution in [1.29, 1.82) is 0 Å². The van der Waals surface area contributed by atoms with Gasteiger partial charge in [0.2, 0.25) is 5.91 Å². The minimum atomic E-state index is -1.32. The molecule has 2 heterocycles. The molecule has 1 aliphatic rings. The molecule has 0 bridgehead atoms. The number of fused-ring (bicyclic) bond motifs is 1. The molecule has 1 atom stereocenters. The first kappa shape index (κ1) is 47.9. The molecule has 1 aliphatic heterocycles. The van der Waals surface area contributed by atoms with Gasteiger partial charge in [-0.05, 0) is 60.9 Å². The number of carboxylic acid groups (broad SMARTS) is 3. The molecule has 3 aromatic rings. The Hall–Kier alpha value is -4.27. The largest absolute Gasteiger partial charge is 3.00 e. The third kappa shape index (κ3) is 14.3. The summed E-state index contributed by atoms with van der Waals surface area (Å²) in [4.78, 5) is 80.1. The topological polar surface area (TPSA) is 238 Å². The molecule has 1 unspecified atom stereocenters. The Kier molecular flexibility index (Phi) is 20.3. The van der Waals surface area contributed by atoms with Crippen molar-refractivity contribution in [3.8, 4) is 5.75 Å². The second kappa shape index (κ2) is 23.7. The third-order valence-corrected chi connectivity index (χ3v) is 9.62. The number of aliphatic carboxylic acids is 3. The Balaban J connectivity index is 0.00000541. The average Bonchev–Trinajstić information content (AvgIpc) is 3.48. The summed E-state index contributed by atoms with van der Waals surface area (Å²) in [6, 6.07) is 10.7. The number of hydrogen-bond acceptors (Lipinski definition) is 14. The van der Waals surface area contributed by atoms with E-state index in [1.807, 2.05) is 0 Å². The summed E-state index contributed by atoms with van der Waals surface area (Å²) < 4.78 is 6.86. The van der Waals surface area contributed by atoms with E-state index in [1.165, 1.54) is 11.7 Å². The van der Waals surface area contributed by atoms with Gasteiger partial charge in [-0.1, -0.05) is 11.6 Å². The molecule has 1 aromatic heterocycles. The first-order valence-corrected chi connectivity index (χ1v) is 18.0. The number of halogens is 1. The molecule has 0 radical (unpaired) electrons. The van der Waals surface area contributed by atoms with Crippen LogP contribution in [0.2, 0.25) is 5.02 Å². The molecule has 1 fully saturated rings. The van der Waals surface area contributed by atoms with Crippen molar-refractivity contribution < 1.29 is 54.3 Å². The van der Waals surface area contributed by atoms with E-state index in [2.05, 4.69) is 5.32 Å². The van der Waals surface area contributed by atoms with E-state index >= 15 is 0 Å². The smallest absolute Gasteiger partial charge is 0.870 e. The van der Waals surface area contributed by atoms with Gasteiger partial charge in [0, 0.05) is 94.2 Å². The number of aromatic nitrogens is 1. The van der Waals surface area contributed by atoms with Crippen molar-refractivity contribution in [3.63, 3.8) is 0 Å². The Morgan fingerprint density at radius 2 is 1.46 bits per heavy atom. The van der Waals surface area contributed by atoms with Crippen LogP contribution in [0.1, 0.15) is 28.8 Å². The van der Waals surface area contributed by atoms with Gasteiger partial charge in [-0.2, -0.15) is 0 Å². The normalized spacial score (nSPS) is 15.6. The standard InChI is InChI=1S/C37H47ClN6O10.Ga.H2O/c1-54-29-8-9-31-30(22-29)27(23-44(31)36(51)26-4-6-28(38)7-5-26)21-33(46)39-10-2-3-32(37(52)53)43-17-15-40(19-20-45)11-12-41(24-34(47)48)13-14-42(16-18-43)25-35(49)50;;/h4-9,20,22-23,32H,2-3,10-19,21,24-25H2,1H3,(H,39,46)(H,47,48)(H,49,50)(H,52,53);;1H2/q;+3;/p-3. The molecular weight excluding hydrogens is 810 g/mol. The van der Waals surface area contributed by atoms with Crippen molar-refractivity contribution >= 4 is 78.3 Å². The predicted molar refractivity (Wildman–Crippen MR) is 202 cm³/mol. The van der Waals surface area contributed by atoms with Gasteiger partial charge in [0.15, 0.2) is 0 Å². The van der Waals surface area contributed by atoms with Crippen LogP contribution >= 0.6 is 11.6 Å². The predicted octanol–water partition coefficient (Wildman–Crippen LogP) is -1.75. The van der Waals surface area contributed by atoms with Gasteiger partial charge in [-0.3, -0.25) is 38.6 Å². The molecule has 300 valence electrons. The van der Waals surface area contributed by atoms with Crippen molar-refractivity contribution in [2.45, 2.75) is 25.3 Å². The number of nitrogens with one attached hydrogen (secondary N) is 1. The second-order valence-corrected chi connectivity index (χ2v) is 13.5. The zero-order chi connectivity index (χ0) is 39.2. The summed E-state index contributed by atoms with van der Waals surface area (Å²) in [6.07, 6.45) is 2.76.